The number of nitrogens with zero attached hydrogens (tertiary/aromatic N) is 2. The van der Waals surface area contributed by atoms with Crippen LogP contribution in [0.1, 0.15) is 24.0 Å². The summed E-state index contributed by atoms with van der Waals surface area (Å²) in [6, 6.07) is 10.5. The highest BCUT2D eigenvalue weighted by molar-refractivity contribution is 7.89. The molecule has 0 aliphatic carbocycles. The Morgan fingerprint density at radius 3 is 2.56 bits per heavy atom. The standard InChI is InChI=1S/C24H30N4O5S/c1-17-8-9-19(15-22(17)34(31,32)27-11-13-33-14-12-27)26-23(29)16-25-20-5-3-6-21(18(20)2)28-10-4-7-24(28)30/h3,5-6,8-9,15,25H,4,7,10-14,16H2,1-2H3,(H,26,29). The van der Waals surface area contributed by atoms with E-state index < -0.39 is 10.0 Å². The third kappa shape index (κ3) is 5.08. The number of rotatable bonds is 7. The number of sulfonamides is 1. The van der Waals surface area contributed by atoms with Crippen LogP contribution in [0.15, 0.2) is 41.3 Å². The molecule has 2 aromatic rings. The minimum Gasteiger partial charge on any atom is -0.379 e. The molecule has 0 atom stereocenters. The maximum Gasteiger partial charge on any atom is 0.243 e. The number of carbonyl (C=O) groups excluding carboxylic acids is 2. The van der Waals surface area contributed by atoms with Gasteiger partial charge in [-0.15, -0.1) is 0 Å². The number of hydrogen-bond donors (Lipinski definition) is 2. The van der Waals surface area contributed by atoms with Gasteiger partial charge in [-0.2, -0.15) is 4.31 Å². The Balaban J connectivity index is 1.43. The number of morpholine rings is 1. The first-order chi connectivity index (χ1) is 16.3. The molecular weight excluding hydrogens is 456 g/mol. The predicted octanol–water partition coefficient (Wildman–Crippen LogP) is 2.50. The maximum absolute atomic E-state index is 13.1. The molecule has 0 saturated carbocycles. The van der Waals surface area contributed by atoms with Gasteiger partial charge < -0.3 is 20.3 Å². The molecule has 10 heteroatoms. The fourth-order valence-corrected chi connectivity index (χ4v) is 5.93. The molecule has 0 radical (unpaired) electrons. The minimum absolute atomic E-state index is 0.00232. The third-order valence-corrected chi connectivity index (χ3v) is 8.21. The Hall–Kier alpha value is -2.95. The fraction of sp³-hybridized carbons (Fsp3) is 0.417. The molecule has 4 rings (SSSR count). The highest BCUT2D eigenvalue weighted by Crippen LogP contribution is 2.30. The Kier molecular flexibility index (Phi) is 7.20. The Bertz CT molecular complexity index is 1190. The van der Waals surface area contributed by atoms with E-state index in [1.165, 1.54) is 10.4 Å². The van der Waals surface area contributed by atoms with Gasteiger partial charge in [0, 0.05) is 43.1 Å². The largest absolute Gasteiger partial charge is 0.379 e. The first kappa shape index (κ1) is 24.2. The van der Waals surface area contributed by atoms with Gasteiger partial charge in [-0.25, -0.2) is 8.42 Å². The van der Waals surface area contributed by atoms with Gasteiger partial charge in [0.1, 0.15) is 0 Å². The number of nitrogens with one attached hydrogen (secondary N) is 2. The third-order valence-electron chi connectivity index (χ3n) is 6.17. The molecule has 2 saturated heterocycles. The topological polar surface area (TPSA) is 108 Å². The lowest BCUT2D eigenvalue weighted by Crippen LogP contribution is -2.40. The van der Waals surface area contributed by atoms with Crippen molar-refractivity contribution in [3.8, 4) is 0 Å². The van der Waals surface area contributed by atoms with Crippen LogP contribution in [-0.2, 0) is 24.3 Å². The van der Waals surface area contributed by atoms with E-state index in [4.69, 9.17) is 4.74 Å². The van der Waals surface area contributed by atoms with Crippen LogP contribution in [0.4, 0.5) is 17.1 Å². The summed E-state index contributed by atoms with van der Waals surface area (Å²) in [5.41, 5.74) is 3.56. The van der Waals surface area contributed by atoms with Crippen molar-refractivity contribution in [1.82, 2.24) is 4.31 Å². The van der Waals surface area contributed by atoms with Gasteiger partial charge >= 0.3 is 0 Å². The fourth-order valence-electron chi connectivity index (χ4n) is 4.27. The van der Waals surface area contributed by atoms with Crippen LogP contribution in [0.3, 0.4) is 0 Å². The van der Waals surface area contributed by atoms with Crippen molar-refractivity contribution in [1.29, 1.82) is 0 Å². The van der Waals surface area contributed by atoms with E-state index in [9.17, 15) is 18.0 Å². The highest BCUT2D eigenvalue weighted by Gasteiger charge is 2.28. The molecule has 0 aromatic heterocycles. The molecule has 2 aliphatic heterocycles. The van der Waals surface area contributed by atoms with E-state index in [1.54, 1.807) is 24.0 Å². The summed E-state index contributed by atoms with van der Waals surface area (Å²) in [6.45, 7) is 5.71. The molecule has 0 unspecified atom stereocenters. The van der Waals surface area contributed by atoms with Crippen molar-refractivity contribution in [2.45, 2.75) is 31.6 Å². The smallest absolute Gasteiger partial charge is 0.243 e. The molecule has 2 fully saturated rings. The molecule has 2 amide bonds. The summed E-state index contributed by atoms with van der Waals surface area (Å²) in [7, 11) is -3.68. The van der Waals surface area contributed by atoms with E-state index in [2.05, 4.69) is 10.6 Å². The van der Waals surface area contributed by atoms with Gasteiger partial charge in [0.05, 0.1) is 24.7 Å². The maximum atomic E-state index is 13.1. The van der Waals surface area contributed by atoms with Crippen molar-refractivity contribution >= 4 is 38.9 Å². The summed E-state index contributed by atoms with van der Waals surface area (Å²) < 4.78 is 32.8. The second-order valence-corrected chi connectivity index (χ2v) is 10.4. The summed E-state index contributed by atoms with van der Waals surface area (Å²) in [5.74, 6) is -0.194. The van der Waals surface area contributed by atoms with Crippen molar-refractivity contribution < 1.29 is 22.7 Å². The first-order valence-electron chi connectivity index (χ1n) is 11.4. The zero-order valence-corrected chi connectivity index (χ0v) is 20.3. The number of benzene rings is 2. The summed E-state index contributed by atoms with van der Waals surface area (Å²) >= 11 is 0. The van der Waals surface area contributed by atoms with Crippen LogP contribution < -0.4 is 15.5 Å². The lowest BCUT2D eigenvalue weighted by Gasteiger charge is -2.26. The highest BCUT2D eigenvalue weighted by atomic mass is 32.2. The van der Waals surface area contributed by atoms with Gasteiger partial charge in [0.25, 0.3) is 0 Å². The quantitative estimate of drug-likeness (QED) is 0.623. The molecule has 34 heavy (non-hydrogen) atoms. The normalized spacial score (nSPS) is 17.1. The molecule has 2 aliphatic rings. The molecule has 2 N–H and O–H groups in total. The van der Waals surface area contributed by atoms with E-state index in [0.29, 0.717) is 50.5 Å². The lowest BCUT2D eigenvalue weighted by molar-refractivity contribution is -0.117. The van der Waals surface area contributed by atoms with Crippen molar-refractivity contribution in [3.63, 3.8) is 0 Å². The van der Waals surface area contributed by atoms with Crippen LogP contribution in [0, 0.1) is 13.8 Å². The average molecular weight is 487 g/mol. The zero-order valence-electron chi connectivity index (χ0n) is 19.5. The van der Waals surface area contributed by atoms with Crippen molar-refractivity contribution in [3.05, 3.63) is 47.5 Å². The molecule has 0 spiro atoms. The minimum atomic E-state index is -3.68. The van der Waals surface area contributed by atoms with Crippen molar-refractivity contribution in [2.75, 3.05) is 54.9 Å². The second-order valence-electron chi connectivity index (χ2n) is 8.50. The number of aryl methyl sites for hydroxylation is 1. The molecule has 182 valence electrons. The van der Waals surface area contributed by atoms with E-state index in [-0.39, 0.29) is 23.3 Å². The number of anilines is 3. The number of carbonyl (C=O) groups is 2. The van der Waals surface area contributed by atoms with Crippen molar-refractivity contribution in [2.24, 2.45) is 0 Å². The van der Waals surface area contributed by atoms with Crippen LogP contribution in [0.2, 0.25) is 0 Å². The van der Waals surface area contributed by atoms with Gasteiger partial charge in [-0.05, 0) is 55.7 Å². The van der Waals surface area contributed by atoms with Crippen LogP contribution in [0.5, 0.6) is 0 Å². The molecule has 9 nitrogen and oxygen atoms in total. The van der Waals surface area contributed by atoms with Gasteiger partial charge in [-0.1, -0.05) is 12.1 Å². The molecule has 2 heterocycles. The molecule has 0 bridgehead atoms. The van der Waals surface area contributed by atoms with Crippen LogP contribution in [0.25, 0.3) is 0 Å². The Labute approximate surface area is 200 Å². The van der Waals surface area contributed by atoms with Crippen LogP contribution >= 0.6 is 0 Å². The number of ether oxygens (including phenoxy) is 1. The number of amides is 2. The average Bonchev–Trinajstić information content (AvgIpc) is 3.25. The lowest BCUT2D eigenvalue weighted by atomic mass is 10.1. The number of hydrogen-bond acceptors (Lipinski definition) is 6. The van der Waals surface area contributed by atoms with E-state index in [0.717, 1.165) is 23.4 Å². The van der Waals surface area contributed by atoms with E-state index in [1.807, 2.05) is 25.1 Å². The summed E-state index contributed by atoms with van der Waals surface area (Å²) in [6.07, 6.45) is 1.40. The second kappa shape index (κ2) is 10.1. The predicted molar refractivity (Wildman–Crippen MR) is 131 cm³/mol. The summed E-state index contributed by atoms with van der Waals surface area (Å²) in [5, 5.41) is 5.91. The van der Waals surface area contributed by atoms with Gasteiger partial charge in [0.15, 0.2) is 0 Å². The van der Waals surface area contributed by atoms with Gasteiger partial charge in [0.2, 0.25) is 21.8 Å². The Morgan fingerprint density at radius 2 is 1.85 bits per heavy atom. The van der Waals surface area contributed by atoms with Gasteiger partial charge in [-0.3, -0.25) is 9.59 Å². The molecular formula is C24H30N4O5S. The monoisotopic (exact) mass is 486 g/mol. The SMILES string of the molecule is Cc1ccc(NC(=O)CNc2cccc(N3CCCC3=O)c2C)cc1S(=O)(=O)N1CCOCC1. The van der Waals surface area contributed by atoms with Crippen LogP contribution in [-0.4, -0.2) is 63.9 Å². The van der Waals surface area contributed by atoms with E-state index >= 15 is 0 Å². The summed E-state index contributed by atoms with van der Waals surface area (Å²) in [4.78, 5) is 26.7. The molecule has 2 aromatic carbocycles. The first-order valence-corrected chi connectivity index (χ1v) is 12.8. The Morgan fingerprint density at radius 1 is 1.09 bits per heavy atom. The zero-order chi connectivity index (χ0) is 24.3.